The van der Waals surface area contributed by atoms with E-state index in [1.807, 2.05) is 0 Å². The minimum atomic E-state index is -0.430. The van der Waals surface area contributed by atoms with Crippen molar-refractivity contribution in [1.29, 1.82) is 0 Å². The zero-order valence-electron chi connectivity index (χ0n) is 13.7. The third-order valence-electron chi connectivity index (χ3n) is 3.26. The molecule has 124 valence electrons. The van der Waals surface area contributed by atoms with Crippen LogP contribution in [0.5, 0.6) is 0 Å². The topological polar surface area (TPSA) is 81.4 Å². The molecule has 0 aliphatic heterocycles. The molecular weight excluding hydrogens is 316 g/mol. The summed E-state index contributed by atoms with van der Waals surface area (Å²) in [5.74, 6) is -0.320. The standard InChI is InChI=1S/C16H20N2O4S/c1-5-7-11-8-12(16(20)21-6-2)15(23-11)17-14(19)13-9(3)18-22-10(13)4/h8H,5-7H2,1-4H3,(H,17,19). The number of hydrogen-bond acceptors (Lipinski definition) is 6. The van der Waals surface area contributed by atoms with Gasteiger partial charge in [-0.2, -0.15) is 0 Å². The number of rotatable bonds is 6. The SMILES string of the molecule is CCCc1cc(C(=O)OCC)c(NC(=O)c2c(C)noc2C)s1. The van der Waals surface area contributed by atoms with E-state index in [0.717, 1.165) is 17.7 Å². The van der Waals surface area contributed by atoms with Crippen LogP contribution in [-0.4, -0.2) is 23.6 Å². The van der Waals surface area contributed by atoms with Crippen molar-refractivity contribution in [2.45, 2.75) is 40.5 Å². The van der Waals surface area contributed by atoms with Crippen LogP contribution in [0.4, 0.5) is 5.00 Å². The van der Waals surface area contributed by atoms with Gasteiger partial charge in [0.2, 0.25) is 0 Å². The second kappa shape index (κ2) is 7.41. The fourth-order valence-electron chi connectivity index (χ4n) is 2.24. The summed E-state index contributed by atoms with van der Waals surface area (Å²) in [5, 5.41) is 7.07. The van der Waals surface area contributed by atoms with Gasteiger partial charge in [0.15, 0.2) is 0 Å². The fourth-order valence-corrected chi connectivity index (χ4v) is 3.38. The Morgan fingerprint density at radius 2 is 2.09 bits per heavy atom. The normalized spacial score (nSPS) is 10.6. The van der Waals surface area contributed by atoms with Gasteiger partial charge in [-0.3, -0.25) is 4.79 Å². The van der Waals surface area contributed by atoms with Gasteiger partial charge in [-0.1, -0.05) is 18.5 Å². The molecule has 0 saturated heterocycles. The first-order valence-electron chi connectivity index (χ1n) is 7.51. The van der Waals surface area contributed by atoms with E-state index in [1.54, 1.807) is 26.8 Å². The summed E-state index contributed by atoms with van der Waals surface area (Å²) in [6.07, 6.45) is 1.80. The molecule has 0 aliphatic rings. The van der Waals surface area contributed by atoms with Gasteiger partial charge in [-0.25, -0.2) is 4.79 Å². The highest BCUT2D eigenvalue weighted by Gasteiger charge is 2.22. The number of anilines is 1. The van der Waals surface area contributed by atoms with Crippen molar-refractivity contribution < 1.29 is 18.8 Å². The van der Waals surface area contributed by atoms with Crippen LogP contribution in [0.1, 0.15) is 57.3 Å². The monoisotopic (exact) mass is 336 g/mol. The van der Waals surface area contributed by atoms with Gasteiger partial charge in [0.05, 0.1) is 17.9 Å². The van der Waals surface area contributed by atoms with Gasteiger partial charge in [0.1, 0.15) is 16.3 Å². The van der Waals surface area contributed by atoms with Crippen molar-refractivity contribution in [1.82, 2.24) is 5.16 Å². The van der Waals surface area contributed by atoms with Crippen LogP contribution >= 0.6 is 11.3 Å². The van der Waals surface area contributed by atoms with Crippen LogP contribution < -0.4 is 5.32 Å². The highest BCUT2D eigenvalue weighted by Crippen LogP contribution is 2.30. The average Bonchev–Trinajstić information content (AvgIpc) is 3.03. The Kier molecular flexibility index (Phi) is 5.54. The van der Waals surface area contributed by atoms with E-state index in [9.17, 15) is 9.59 Å². The van der Waals surface area contributed by atoms with Crippen LogP contribution in [0.3, 0.4) is 0 Å². The number of amides is 1. The first kappa shape index (κ1) is 17.2. The molecule has 0 bridgehead atoms. The molecule has 0 radical (unpaired) electrons. The molecule has 2 heterocycles. The van der Waals surface area contributed by atoms with Gasteiger partial charge in [0.25, 0.3) is 5.91 Å². The quantitative estimate of drug-likeness (QED) is 0.813. The lowest BCUT2D eigenvalue weighted by atomic mass is 10.2. The third-order valence-corrected chi connectivity index (χ3v) is 4.37. The highest BCUT2D eigenvalue weighted by molar-refractivity contribution is 7.16. The van der Waals surface area contributed by atoms with Crippen LogP contribution in [0.15, 0.2) is 10.6 Å². The van der Waals surface area contributed by atoms with Crippen LogP contribution in [0.25, 0.3) is 0 Å². The summed E-state index contributed by atoms with van der Waals surface area (Å²) in [5.41, 5.74) is 1.30. The Bertz CT molecular complexity index is 698. The minimum absolute atomic E-state index is 0.287. The van der Waals surface area contributed by atoms with E-state index in [1.165, 1.54) is 11.3 Å². The molecule has 0 aromatic carbocycles. The summed E-state index contributed by atoms with van der Waals surface area (Å²) >= 11 is 1.39. The molecule has 6 nitrogen and oxygen atoms in total. The first-order chi connectivity index (χ1) is 11.0. The number of hydrogen-bond donors (Lipinski definition) is 1. The third kappa shape index (κ3) is 3.79. The lowest BCUT2D eigenvalue weighted by Gasteiger charge is -2.05. The van der Waals surface area contributed by atoms with E-state index in [0.29, 0.717) is 27.6 Å². The van der Waals surface area contributed by atoms with Gasteiger partial charge < -0.3 is 14.6 Å². The molecular formula is C16H20N2O4S. The summed E-state index contributed by atoms with van der Waals surface area (Å²) < 4.78 is 10.1. The minimum Gasteiger partial charge on any atom is -0.462 e. The molecule has 7 heteroatoms. The number of aryl methyl sites for hydroxylation is 3. The Balaban J connectivity index is 2.30. The van der Waals surface area contributed by atoms with Crippen molar-refractivity contribution in [3.05, 3.63) is 33.5 Å². The molecule has 23 heavy (non-hydrogen) atoms. The maximum Gasteiger partial charge on any atom is 0.341 e. The zero-order chi connectivity index (χ0) is 17.0. The summed E-state index contributed by atoms with van der Waals surface area (Å²) in [6, 6.07) is 1.79. The number of carbonyl (C=O) groups is 2. The van der Waals surface area contributed by atoms with Crippen molar-refractivity contribution in [3.63, 3.8) is 0 Å². The number of nitrogens with one attached hydrogen (secondary N) is 1. The Hall–Kier alpha value is -2.15. The molecule has 1 amide bonds. The summed E-state index contributed by atoms with van der Waals surface area (Å²) in [6.45, 7) is 7.48. The van der Waals surface area contributed by atoms with Crippen molar-refractivity contribution in [2.24, 2.45) is 0 Å². The maximum absolute atomic E-state index is 12.5. The number of ether oxygens (including phenoxy) is 1. The Morgan fingerprint density at radius 3 is 2.65 bits per heavy atom. The number of esters is 1. The van der Waals surface area contributed by atoms with Crippen molar-refractivity contribution in [2.75, 3.05) is 11.9 Å². The van der Waals surface area contributed by atoms with Crippen LogP contribution in [-0.2, 0) is 11.2 Å². The highest BCUT2D eigenvalue weighted by atomic mass is 32.1. The van der Waals surface area contributed by atoms with Crippen LogP contribution in [0.2, 0.25) is 0 Å². The lowest BCUT2D eigenvalue weighted by molar-refractivity contribution is 0.0528. The molecule has 0 saturated carbocycles. The molecule has 1 N–H and O–H groups in total. The Morgan fingerprint density at radius 1 is 1.35 bits per heavy atom. The predicted octanol–water partition coefficient (Wildman–Crippen LogP) is 3.73. The average molecular weight is 336 g/mol. The maximum atomic E-state index is 12.5. The number of nitrogens with zero attached hydrogens (tertiary/aromatic N) is 1. The van der Waals surface area contributed by atoms with E-state index < -0.39 is 5.97 Å². The molecule has 2 aromatic rings. The van der Waals surface area contributed by atoms with Crippen molar-refractivity contribution in [3.8, 4) is 0 Å². The second-order valence-electron chi connectivity index (χ2n) is 5.08. The number of thiophene rings is 1. The van der Waals surface area contributed by atoms with E-state index >= 15 is 0 Å². The molecule has 2 rings (SSSR count). The number of aromatic nitrogens is 1. The van der Waals surface area contributed by atoms with E-state index in [4.69, 9.17) is 9.26 Å². The lowest BCUT2D eigenvalue weighted by Crippen LogP contribution is -2.15. The molecule has 0 atom stereocenters. The first-order valence-corrected chi connectivity index (χ1v) is 8.33. The number of carbonyl (C=O) groups excluding carboxylic acids is 2. The largest absolute Gasteiger partial charge is 0.462 e. The smallest absolute Gasteiger partial charge is 0.341 e. The van der Waals surface area contributed by atoms with E-state index in [2.05, 4.69) is 17.4 Å². The van der Waals surface area contributed by atoms with Gasteiger partial charge >= 0.3 is 5.97 Å². The molecule has 0 spiro atoms. The van der Waals surface area contributed by atoms with Gasteiger partial charge in [0, 0.05) is 4.88 Å². The van der Waals surface area contributed by atoms with E-state index in [-0.39, 0.29) is 12.5 Å². The molecule has 0 fully saturated rings. The second-order valence-corrected chi connectivity index (χ2v) is 6.22. The predicted molar refractivity (Wildman–Crippen MR) is 88.2 cm³/mol. The summed E-state index contributed by atoms with van der Waals surface area (Å²) in [7, 11) is 0. The summed E-state index contributed by atoms with van der Waals surface area (Å²) in [4.78, 5) is 25.6. The molecule has 0 aliphatic carbocycles. The van der Waals surface area contributed by atoms with Crippen LogP contribution in [0, 0.1) is 13.8 Å². The fraction of sp³-hybridized carbons (Fsp3) is 0.438. The van der Waals surface area contributed by atoms with Gasteiger partial charge in [-0.05, 0) is 33.3 Å². The zero-order valence-corrected chi connectivity index (χ0v) is 14.5. The Labute approximate surface area is 138 Å². The molecule has 2 aromatic heterocycles. The van der Waals surface area contributed by atoms with Gasteiger partial charge in [-0.15, -0.1) is 11.3 Å². The molecule has 0 unspecified atom stereocenters. The van der Waals surface area contributed by atoms with Crippen molar-refractivity contribution >= 4 is 28.2 Å².